The number of ether oxygens (including phenoxy) is 1. The number of carbonyl (C=O) groups excluding carboxylic acids is 1. The van der Waals surface area contributed by atoms with E-state index in [9.17, 15) is 22.4 Å². The van der Waals surface area contributed by atoms with Crippen molar-refractivity contribution in [2.24, 2.45) is 0 Å². The number of piperidine rings is 1. The highest BCUT2D eigenvalue weighted by atomic mass is 19.4. The Morgan fingerprint density at radius 1 is 1.26 bits per heavy atom. The normalized spacial score (nSPS) is 17.2. The standard InChI is InChI=1S/C21H20F4N4O2/c1-13-8-18(21(23,24)25)29-19(26-13)10-17(27-29)14-4-3-7-28(11-14)20(30)12-31-16-6-2-5-15(22)9-16/h2,5-6,8-10,14H,3-4,7,11-12H2,1H3/t14-/m0/s1. The number of likely N-dealkylation sites (tertiary alicyclic amines) is 1. The maximum atomic E-state index is 13.4. The van der Waals surface area contributed by atoms with Crippen LogP contribution in [-0.4, -0.2) is 45.1 Å². The summed E-state index contributed by atoms with van der Waals surface area (Å²) < 4.78 is 59.6. The summed E-state index contributed by atoms with van der Waals surface area (Å²) in [4.78, 5) is 18.3. The zero-order valence-electron chi connectivity index (χ0n) is 16.7. The summed E-state index contributed by atoms with van der Waals surface area (Å²) in [6.07, 6.45) is -3.18. The molecule has 1 aromatic carbocycles. The van der Waals surface area contributed by atoms with E-state index in [2.05, 4.69) is 10.1 Å². The molecule has 0 N–H and O–H groups in total. The van der Waals surface area contributed by atoms with Crippen LogP contribution in [0.2, 0.25) is 0 Å². The molecule has 1 fully saturated rings. The average Bonchev–Trinajstić information content (AvgIpc) is 3.14. The molecule has 0 spiro atoms. The first-order valence-electron chi connectivity index (χ1n) is 9.81. The van der Waals surface area contributed by atoms with Gasteiger partial charge in [-0.05, 0) is 38.0 Å². The Labute approximate surface area is 175 Å². The molecule has 1 saturated heterocycles. The Morgan fingerprint density at radius 2 is 2.06 bits per heavy atom. The van der Waals surface area contributed by atoms with E-state index >= 15 is 0 Å². The van der Waals surface area contributed by atoms with Crippen LogP contribution in [0.15, 0.2) is 36.4 Å². The number of aryl methyl sites for hydroxylation is 1. The smallest absolute Gasteiger partial charge is 0.433 e. The van der Waals surface area contributed by atoms with E-state index in [1.165, 1.54) is 25.1 Å². The molecule has 2 aromatic heterocycles. The fourth-order valence-electron chi connectivity index (χ4n) is 3.76. The summed E-state index contributed by atoms with van der Waals surface area (Å²) in [6.45, 7) is 2.08. The van der Waals surface area contributed by atoms with Crippen LogP contribution in [-0.2, 0) is 11.0 Å². The van der Waals surface area contributed by atoms with Gasteiger partial charge in [-0.25, -0.2) is 13.9 Å². The number of fused-ring (bicyclic) bond motifs is 1. The molecule has 4 rings (SSSR count). The van der Waals surface area contributed by atoms with Crippen molar-refractivity contribution in [1.29, 1.82) is 0 Å². The number of nitrogens with zero attached hydrogens (tertiary/aromatic N) is 4. The van der Waals surface area contributed by atoms with E-state index in [0.29, 0.717) is 31.6 Å². The predicted octanol–water partition coefficient (Wildman–Crippen LogP) is 3.98. The van der Waals surface area contributed by atoms with Crippen LogP contribution >= 0.6 is 0 Å². The van der Waals surface area contributed by atoms with Crippen molar-refractivity contribution in [3.63, 3.8) is 0 Å². The molecule has 31 heavy (non-hydrogen) atoms. The van der Waals surface area contributed by atoms with Crippen molar-refractivity contribution >= 4 is 11.6 Å². The van der Waals surface area contributed by atoms with E-state index in [1.54, 1.807) is 17.0 Å². The molecule has 1 aliphatic rings. The Hall–Kier alpha value is -3.17. The molecule has 164 valence electrons. The van der Waals surface area contributed by atoms with Gasteiger partial charge in [0, 0.05) is 36.8 Å². The van der Waals surface area contributed by atoms with Crippen molar-refractivity contribution < 1.29 is 27.1 Å². The Balaban J connectivity index is 1.49. The molecule has 0 bridgehead atoms. The van der Waals surface area contributed by atoms with E-state index in [1.807, 2.05) is 0 Å². The molecule has 6 nitrogen and oxygen atoms in total. The van der Waals surface area contributed by atoms with Crippen molar-refractivity contribution in [3.8, 4) is 5.75 Å². The summed E-state index contributed by atoms with van der Waals surface area (Å²) in [6, 6.07) is 8.02. The van der Waals surface area contributed by atoms with E-state index in [4.69, 9.17) is 4.74 Å². The highest BCUT2D eigenvalue weighted by Gasteiger charge is 2.35. The Kier molecular flexibility index (Phi) is 5.55. The number of rotatable bonds is 4. The first kappa shape index (κ1) is 21.1. The number of alkyl halides is 3. The second-order valence-corrected chi connectivity index (χ2v) is 7.54. The largest absolute Gasteiger partial charge is 0.484 e. The molecule has 3 heterocycles. The van der Waals surface area contributed by atoms with Gasteiger partial charge in [0.15, 0.2) is 12.3 Å². The fourth-order valence-corrected chi connectivity index (χ4v) is 3.76. The number of halogens is 4. The molecule has 1 amide bonds. The topological polar surface area (TPSA) is 59.7 Å². The van der Waals surface area contributed by atoms with Crippen LogP contribution in [0.25, 0.3) is 5.65 Å². The highest BCUT2D eigenvalue weighted by Crippen LogP contribution is 2.32. The minimum Gasteiger partial charge on any atom is -0.484 e. The third kappa shape index (κ3) is 4.62. The first-order chi connectivity index (χ1) is 14.7. The van der Waals surface area contributed by atoms with Crippen LogP contribution in [0.1, 0.15) is 35.8 Å². The SMILES string of the molecule is Cc1cc(C(F)(F)F)n2nc([C@H]3CCCN(C(=O)COc4cccc(F)c4)C3)cc2n1. The number of amides is 1. The van der Waals surface area contributed by atoms with E-state index in [-0.39, 0.29) is 35.5 Å². The minimum absolute atomic E-state index is 0.125. The third-order valence-corrected chi connectivity index (χ3v) is 5.22. The Bertz CT molecular complexity index is 1110. The van der Waals surface area contributed by atoms with Gasteiger partial charge in [-0.1, -0.05) is 6.07 Å². The number of carbonyl (C=O) groups is 1. The van der Waals surface area contributed by atoms with Gasteiger partial charge >= 0.3 is 6.18 Å². The maximum absolute atomic E-state index is 13.4. The van der Waals surface area contributed by atoms with Gasteiger partial charge < -0.3 is 9.64 Å². The number of hydrogen-bond acceptors (Lipinski definition) is 4. The number of aromatic nitrogens is 3. The zero-order valence-corrected chi connectivity index (χ0v) is 16.7. The lowest BCUT2D eigenvalue weighted by Gasteiger charge is -2.31. The molecule has 1 aliphatic heterocycles. The zero-order chi connectivity index (χ0) is 22.2. The van der Waals surface area contributed by atoms with Crippen molar-refractivity contribution in [2.75, 3.05) is 19.7 Å². The Morgan fingerprint density at radius 3 is 2.81 bits per heavy atom. The monoisotopic (exact) mass is 436 g/mol. The van der Waals surface area contributed by atoms with Crippen LogP contribution in [0.4, 0.5) is 17.6 Å². The van der Waals surface area contributed by atoms with Gasteiger partial charge in [-0.15, -0.1) is 0 Å². The minimum atomic E-state index is -4.56. The lowest BCUT2D eigenvalue weighted by molar-refractivity contribution is -0.142. The number of benzene rings is 1. The molecule has 0 unspecified atom stereocenters. The van der Waals surface area contributed by atoms with Gasteiger partial charge in [-0.2, -0.15) is 18.3 Å². The molecular formula is C21H20F4N4O2. The average molecular weight is 436 g/mol. The second kappa shape index (κ2) is 8.16. The molecule has 10 heteroatoms. The summed E-state index contributed by atoms with van der Waals surface area (Å²) >= 11 is 0. The third-order valence-electron chi connectivity index (χ3n) is 5.22. The maximum Gasteiger partial charge on any atom is 0.433 e. The fraction of sp³-hybridized carbons (Fsp3) is 0.381. The second-order valence-electron chi connectivity index (χ2n) is 7.54. The molecule has 0 aliphatic carbocycles. The van der Waals surface area contributed by atoms with Crippen LogP contribution in [0, 0.1) is 12.7 Å². The van der Waals surface area contributed by atoms with Gasteiger partial charge in [0.25, 0.3) is 5.91 Å². The summed E-state index contributed by atoms with van der Waals surface area (Å²) in [7, 11) is 0. The first-order valence-corrected chi connectivity index (χ1v) is 9.81. The highest BCUT2D eigenvalue weighted by molar-refractivity contribution is 5.78. The molecule has 1 atom stereocenters. The van der Waals surface area contributed by atoms with Gasteiger partial charge in [0.2, 0.25) is 0 Å². The van der Waals surface area contributed by atoms with E-state index < -0.39 is 17.7 Å². The quantitative estimate of drug-likeness (QED) is 0.581. The van der Waals surface area contributed by atoms with Crippen molar-refractivity contribution in [2.45, 2.75) is 31.9 Å². The predicted molar refractivity (Wildman–Crippen MR) is 103 cm³/mol. The van der Waals surface area contributed by atoms with Crippen molar-refractivity contribution in [1.82, 2.24) is 19.5 Å². The summed E-state index contributed by atoms with van der Waals surface area (Å²) in [5.41, 5.74) is -0.0398. The van der Waals surface area contributed by atoms with Gasteiger partial charge in [0.1, 0.15) is 17.3 Å². The van der Waals surface area contributed by atoms with Gasteiger partial charge in [-0.3, -0.25) is 4.79 Å². The van der Waals surface area contributed by atoms with Crippen LogP contribution in [0.3, 0.4) is 0 Å². The van der Waals surface area contributed by atoms with Gasteiger partial charge in [0.05, 0.1) is 5.69 Å². The molecule has 0 radical (unpaired) electrons. The lowest BCUT2D eigenvalue weighted by atomic mass is 9.95. The number of hydrogen-bond donors (Lipinski definition) is 0. The lowest BCUT2D eigenvalue weighted by Crippen LogP contribution is -2.41. The summed E-state index contributed by atoms with van der Waals surface area (Å²) in [5, 5.41) is 4.16. The van der Waals surface area contributed by atoms with Crippen molar-refractivity contribution in [3.05, 3.63) is 59.3 Å². The molecule has 3 aromatic rings. The molecular weight excluding hydrogens is 416 g/mol. The van der Waals surface area contributed by atoms with E-state index in [0.717, 1.165) is 10.6 Å². The molecule has 0 saturated carbocycles. The van der Waals surface area contributed by atoms with Crippen LogP contribution < -0.4 is 4.74 Å². The van der Waals surface area contributed by atoms with Crippen LogP contribution in [0.5, 0.6) is 5.75 Å². The summed E-state index contributed by atoms with van der Waals surface area (Å²) in [5.74, 6) is -0.696.